The zero-order chi connectivity index (χ0) is 11.7. The Bertz CT molecular complexity index is 147. The van der Waals surface area contributed by atoms with E-state index in [1.165, 1.54) is 0 Å². The van der Waals surface area contributed by atoms with Gasteiger partial charge in [-0.1, -0.05) is 60.5 Å². The minimum atomic E-state index is -1.23. The van der Waals surface area contributed by atoms with Gasteiger partial charge in [-0.25, -0.2) is 0 Å². The number of rotatable bonds is 8. The smallest absolute Gasteiger partial charge is 0.192 e. The Hall–Kier alpha value is 1.12. The van der Waals surface area contributed by atoms with Gasteiger partial charge in [0.1, 0.15) is 0 Å². The summed E-state index contributed by atoms with van der Waals surface area (Å²) in [5.41, 5.74) is 0. The van der Waals surface area contributed by atoms with Crippen LogP contribution in [0.5, 0.6) is 0 Å². The largest absolute Gasteiger partial charge is 0.396 e. The van der Waals surface area contributed by atoms with E-state index in [2.05, 4.69) is 0 Å². The highest BCUT2D eigenvalue weighted by atomic mass is 35.6. The third kappa shape index (κ3) is 13.1. The van der Waals surface area contributed by atoms with Gasteiger partial charge in [-0.2, -0.15) is 0 Å². The molecule has 0 bridgehead atoms. The number of hydrogen-bond acceptors (Lipinski definition) is 1. The maximum Gasteiger partial charge on any atom is 0.192 e. The average Bonchev–Trinajstić information content (AvgIpc) is 2.08. The molecule has 0 aliphatic carbocycles. The lowest BCUT2D eigenvalue weighted by Crippen LogP contribution is -2.11. The fourth-order valence-electron chi connectivity index (χ4n) is 1.36. The molecule has 1 N–H and O–H groups in total. The van der Waals surface area contributed by atoms with Gasteiger partial charge in [0, 0.05) is 18.4 Å². The Labute approximate surface area is 112 Å². The van der Waals surface area contributed by atoms with Crippen molar-refractivity contribution in [3.8, 4) is 0 Å². The first-order chi connectivity index (χ1) is 6.95. The molecule has 1 atom stereocenters. The van der Waals surface area contributed by atoms with Crippen LogP contribution in [0.3, 0.4) is 0 Å². The minimum Gasteiger partial charge on any atom is -0.396 e. The van der Waals surface area contributed by atoms with Gasteiger partial charge in [0.15, 0.2) is 3.79 Å². The minimum absolute atomic E-state index is 0.0599. The van der Waals surface area contributed by atoms with Crippen molar-refractivity contribution in [2.75, 3.05) is 6.61 Å². The lowest BCUT2D eigenvalue weighted by atomic mass is 10.1. The van der Waals surface area contributed by atoms with E-state index in [1.807, 2.05) is 0 Å². The molecule has 0 fully saturated rings. The van der Waals surface area contributed by atoms with E-state index in [0.29, 0.717) is 6.42 Å². The van der Waals surface area contributed by atoms with Crippen molar-refractivity contribution >= 4 is 46.4 Å². The van der Waals surface area contributed by atoms with Crippen LogP contribution >= 0.6 is 46.4 Å². The first kappa shape index (κ1) is 16.1. The lowest BCUT2D eigenvalue weighted by molar-refractivity contribution is 0.282. The fourth-order valence-corrected chi connectivity index (χ4v) is 2.54. The Morgan fingerprint density at radius 1 is 0.933 bits per heavy atom. The van der Waals surface area contributed by atoms with Crippen LogP contribution in [0.15, 0.2) is 0 Å². The van der Waals surface area contributed by atoms with Crippen molar-refractivity contribution in [3.05, 3.63) is 0 Å². The Morgan fingerprint density at radius 2 is 1.47 bits per heavy atom. The van der Waals surface area contributed by atoms with E-state index in [0.717, 1.165) is 38.5 Å². The third-order valence-electron chi connectivity index (χ3n) is 2.13. The number of unbranched alkanes of at least 4 members (excludes halogenated alkanes) is 4. The summed E-state index contributed by atoms with van der Waals surface area (Å²) in [7, 11) is 0. The van der Waals surface area contributed by atoms with E-state index in [1.54, 1.807) is 0 Å². The molecule has 0 aliphatic rings. The Balaban J connectivity index is 3.28. The molecule has 1 nitrogen and oxygen atoms in total. The fraction of sp³-hybridized carbons (Fsp3) is 1.00. The van der Waals surface area contributed by atoms with Crippen LogP contribution in [-0.4, -0.2) is 20.9 Å². The summed E-state index contributed by atoms with van der Waals surface area (Å²) < 4.78 is -1.23. The van der Waals surface area contributed by atoms with Crippen LogP contribution in [0.25, 0.3) is 0 Å². The molecular weight excluding hydrogens is 278 g/mol. The van der Waals surface area contributed by atoms with E-state index < -0.39 is 3.79 Å². The summed E-state index contributed by atoms with van der Waals surface area (Å²) in [6.07, 6.45) is 6.57. The number of aliphatic hydroxyl groups excluding tert-OH is 1. The van der Waals surface area contributed by atoms with Gasteiger partial charge in [0.05, 0.1) is 0 Å². The molecule has 0 radical (unpaired) electrons. The van der Waals surface area contributed by atoms with E-state index in [-0.39, 0.29) is 12.0 Å². The topological polar surface area (TPSA) is 20.2 Å². The molecule has 0 aromatic rings. The van der Waals surface area contributed by atoms with Crippen molar-refractivity contribution in [3.63, 3.8) is 0 Å². The average molecular weight is 296 g/mol. The third-order valence-corrected chi connectivity index (χ3v) is 2.96. The van der Waals surface area contributed by atoms with Crippen LogP contribution in [0.4, 0.5) is 0 Å². The molecule has 0 aromatic carbocycles. The van der Waals surface area contributed by atoms with Crippen molar-refractivity contribution in [2.45, 2.75) is 54.1 Å². The molecule has 0 spiro atoms. The van der Waals surface area contributed by atoms with E-state index >= 15 is 0 Å². The van der Waals surface area contributed by atoms with Gasteiger partial charge in [0.25, 0.3) is 0 Å². The zero-order valence-corrected chi connectivity index (χ0v) is 11.7. The maximum atomic E-state index is 8.57. The van der Waals surface area contributed by atoms with Crippen molar-refractivity contribution in [1.82, 2.24) is 0 Å². The molecule has 5 heteroatoms. The number of alkyl halides is 4. The SMILES string of the molecule is OCCCCCCCC(Cl)CC(Cl)(Cl)Cl. The quantitative estimate of drug-likeness (QED) is 0.509. The van der Waals surface area contributed by atoms with Crippen LogP contribution in [0, 0.1) is 0 Å². The summed E-state index contributed by atoms with van der Waals surface area (Å²) in [4.78, 5) is 0. The molecule has 0 rings (SSSR count). The zero-order valence-electron chi connectivity index (χ0n) is 8.69. The number of halogens is 4. The van der Waals surface area contributed by atoms with Gasteiger partial charge in [-0.05, 0) is 12.8 Å². The lowest BCUT2D eigenvalue weighted by Gasteiger charge is -2.15. The standard InChI is InChI=1S/C10H18Cl4O/c11-9(8-10(12,13)14)6-4-2-1-3-5-7-15/h9,15H,1-8H2. The Kier molecular flexibility index (Phi) is 9.87. The predicted octanol–water partition coefficient (Wildman–Crippen LogP) is 4.69. The van der Waals surface area contributed by atoms with Crippen LogP contribution in [0.2, 0.25) is 0 Å². The van der Waals surface area contributed by atoms with Gasteiger partial charge in [-0.3, -0.25) is 0 Å². The first-order valence-corrected chi connectivity index (χ1v) is 6.84. The van der Waals surface area contributed by atoms with Gasteiger partial charge < -0.3 is 5.11 Å². The van der Waals surface area contributed by atoms with E-state index in [9.17, 15) is 0 Å². The molecule has 0 saturated heterocycles. The highest BCUT2D eigenvalue weighted by Crippen LogP contribution is 2.34. The second kappa shape index (κ2) is 9.18. The summed E-state index contributed by atoms with van der Waals surface area (Å²) in [6.45, 7) is 0.283. The molecule has 0 saturated carbocycles. The molecule has 15 heavy (non-hydrogen) atoms. The molecule has 0 aliphatic heterocycles. The normalized spacial score (nSPS) is 14.2. The number of hydrogen-bond donors (Lipinski definition) is 1. The second-order valence-electron chi connectivity index (χ2n) is 3.70. The summed E-state index contributed by atoms with van der Waals surface area (Å²) in [6, 6.07) is 0. The van der Waals surface area contributed by atoms with Crippen LogP contribution in [0.1, 0.15) is 44.9 Å². The first-order valence-electron chi connectivity index (χ1n) is 5.27. The molecule has 1 unspecified atom stereocenters. The highest BCUT2D eigenvalue weighted by Gasteiger charge is 2.23. The monoisotopic (exact) mass is 294 g/mol. The van der Waals surface area contributed by atoms with Gasteiger partial charge >= 0.3 is 0 Å². The predicted molar refractivity (Wildman–Crippen MR) is 69.3 cm³/mol. The molecule has 0 heterocycles. The molecule has 92 valence electrons. The second-order valence-corrected chi connectivity index (χ2v) is 6.83. The number of aliphatic hydroxyl groups is 1. The van der Waals surface area contributed by atoms with Crippen molar-refractivity contribution in [2.24, 2.45) is 0 Å². The van der Waals surface area contributed by atoms with Gasteiger partial charge in [-0.15, -0.1) is 11.6 Å². The van der Waals surface area contributed by atoms with Gasteiger partial charge in [0.2, 0.25) is 0 Å². The van der Waals surface area contributed by atoms with E-state index in [4.69, 9.17) is 51.5 Å². The summed E-state index contributed by atoms with van der Waals surface area (Å²) in [5, 5.41) is 8.51. The molecular formula is C10H18Cl4O. The summed E-state index contributed by atoms with van der Waals surface area (Å²) >= 11 is 22.9. The van der Waals surface area contributed by atoms with Crippen LogP contribution < -0.4 is 0 Å². The highest BCUT2D eigenvalue weighted by molar-refractivity contribution is 6.67. The van der Waals surface area contributed by atoms with Crippen molar-refractivity contribution in [1.29, 1.82) is 0 Å². The maximum absolute atomic E-state index is 8.57. The molecule has 0 aromatic heterocycles. The Morgan fingerprint density at radius 3 is 2.00 bits per heavy atom. The van der Waals surface area contributed by atoms with Crippen LogP contribution in [-0.2, 0) is 0 Å². The summed E-state index contributed by atoms with van der Waals surface area (Å²) in [5.74, 6) is 0. The van der Waals surface area contributed by atoms with Crippen molar-refractivity contribution < 1.29 is 5.11 Å². The molecule has 0 amide bonds.